The lowest BCUT2D eigenvalue weighted by atomic mass is 9.94. The smallest absolute Gasteiger partial charge is 0.237 e. The summed E-state index contributed by atoms with van der Waals surface area (Å²) < 4.78 is 104. The molecule has 0 aliphatic rings. The van der Waals surface area contributed by atoms with Crippen LogP contribution in [0, 0.1) is 5.82 Å². The fraction of sp³-hybridized carbons (Fsp3) is 0.250. The molecule has 0 aliphatic carbocycles. The first-order chi connectivity index (χ1) is 10.4. The standard InChI is InChI=1S/C12H5BrF8N2/c13-7-4-6(10(15,11(16,17)18)12(19,20)21)5-8(14)9(7)23-3-1-2-22-23/h1-5H. The van der Waals surface area contributed by atoms with E-state index < -0.39 is 39.6 Å². The number of halogens is 9. The number of hydrogen-bond donors (Lipinski definition) is 0. The van der Waals surface area contributed by atoms with Gasteiger partial charge in [0.2, 0.25) is 0 Å². The van der Waals surface area contributed by atoms with Gasteiger partial charge in [0.15, 0.2) is 0 Å². The van der Waals surface area contributed by atoms with Crippen molar-refractivity contribution >= 4 is 15.9 Å². The maximum atomic E-state index is 14.0. The lowest BCUT2D eigenvalue weighted by Gasteiger charge is -2.30. The van der Waals surface area contributed by atoms with Crippen molar-refractivity contribution in [3.05, 3.63) is 46.4 Å². The first kappa shape index (κ1) is 17.7. The predicted octanol–water partition coefficient (Wildman–Crippen LogP) is 5.06. The highest BCUT2D eigenvalue weighted by molar-refractivity contribution is 9.10. The third-order valence-electron chi connectivity index (χ3n) is 2.93. The van der Waals surface area contributed by atoms with Gasteiger partial charge in [-0.05, 0) is 34.1 Å². The van der Waals surface area contributed by atoms with Crippen LogP contribution in [-0.2, 0) is 5.67 Å². The molecule has 0 atom stereocenters. The Hall–Kier alpha value is -1.65. The minimum atomic E-state index is -6.32. The highest BCUT2D eigenvalue weighted by Crippen LogP contribution is 2.53. The SMILES string of the molecule is Fc1cc(C(F)(C(F)(F)F)C(F)(F)F)cc(Br)c1-n1cccn1. The van der Waals surface area contributed by atoms with Crippen LogP contribution in [0.4, 0.5) is 35.1 Å². The molecule has 0 unspecified atom stereocenters. The van der Waals surface area contributed by atoms with Gasteiger partial charge >= 0.3 is 18.0 Å². The number of alkyl halides is 7. The molecule has 0 saturated carbocycles. The van der Waals surface area contributed by atoms with Crippen LogP contribution in [0.1, 0.15) is 5.56 Å². The molecule has 2 nitrogen and oxygen atoms in total. The summed E-state index contributed by atoms with van der Waals surface area (Å²) in [4.78, 5) is 0. The summed E-state index contributed by atoms with van der Waals surface area (Å²) in [6.45, 7) is 0. The molecular formula is C12H5BrF8N2. The summed E-state index contributed by atoms with van der Waals surface area (Å²) >= 11 is 2.64. The van der Waals surface area contributed by atoms with Crippen LogP contribution in [-0.4, -0.2) is 22.1 Å². The molecule has 23 heavy (non-hydrogen) atoms. The molecular weight excluding hydrogens is 404 g/mol. The molecule has 1 aromatic heterocycles. The van der Waals surface area contributed by atoms with Crippen LogP contribution in [0.3, 0.4) is 0 Å². The monoisotopic (exact) mass is 408 g/mol. The van der Waals surface area contributed by atoms with Crippen LogP contribution in [0.2, 0.25) is 0 Å². The van der Waals surface area contributed by atoms with Gasteiger partial charge in [-0.15, -0.1) is 0 Å². The lowest BCUT2D eigenvalue weighted by molar-refractivity contribution is -0.348. The first-order valence-corrected chi connectivity index (χ1v) is 6.51. The van der Waals surface area contributed by atoms with Crippen LogP contribution in [0.5, 0.6) is 0 Å². The van der Waals surface area contributed by atoms with E-state index in [1.807, 2.05) is 0 Å². The van der Waals surface area contributed by atoms with Gasteiger partial charge in [-0.3, -0.25) is 0 Å². The van der Waals surface area contributed by atoms with E-state index in [1.165, 1.54) is 18.5 Å². The van der Waals surface area contributed by atoms with E-state index in [2.05, 4.69) is 21.0 Å². The van der Waals surface area contributed by atoms with Gasteiger partial charge in [0.25, 0.3) is 0 Å². The van der Waals surface area contributed by atoms with E-state index in [0.717, 1.165) is 4.68 Å². The molecule has 0 amide bonds. The van der Waals surface area contributed by atoms with E-state index in [0.29, 0.717) is 0 Å². The third-order valence-corrected chi connectivity index (χ3v) is 3.53. The van der Waals surface area contributed by atoms with Crippen molar-refractivity contribution in [2.75, 3.05) is 0 Å². The van der Waals surface area contributed by atoms with Crippen LogP contribution < -0.4 is 0 Å². The molecule has 11 heteroatoms. The largest absolute Gasteiger partial charge is 0.435 e. The fourth-order valence-electron chi connectivity index (χ4n) is 1.87. The number of benzene rings is 1. The summed E-state index contributed by atoms with van der Waals surface area (Å²) in [7, 11) is 0. The lowest BCUT2D eigenvalue weighted by Crippen LogP contribution is -2.50. The van der Waals surface area contributed by atoms with Gasteiger partial charge in [0.05, 0.1) is 0 Å². The van der Waals surface area contributed by atoms with Crippen molar-refractivity contribution in [1.82, 2.24) is 9.78 Å². The zero-order valence-electron chi connectivity index (χ0n) is 10.7. The predicted molar refractivity (Wildman–Crippen MR) is 66.1 cm³/mol. The molecule has 2 rings (SSSR count). The van der Waals surface area contributed by atoms with Crippen molar-refractivity contribution in [3.8, 4) is 5.69 Å². The van der Waals surface area contributed by atoms with Gasteiger partial charge in [0, 0.05) is 22.4 Å². The minimum Gasteiger partial charge on any atom is -0.237 e. The summed E-state index contributed by atoms with van der Waals surface area (Å²) in [5, 5.41) is 3.61. The van der Waals surface area contributed by atoms with Crippen molar-refractivity contribution in [2.24, 2.45) is 0 Å². The average molecular weight is 409 g/mol. The van der Waals surface area contributed by atoms with E-state index in [4.69, 9.17) is 0 Å². The Morgan fingerprint density at radius 1 is 0.957 bits per heavy atom. The molecule has 0 fully saturated rings. The topological polar surface area (TPSA) is 17.8 Å². The van der Waals surface area contributed by atoms with Gasteiger partial charge in [0.1, 0.15) is 11.5 Å². The number of nitrogens with zero attached hydrogens (tertiary/aromatic N) is 2. The number of rotatable bonds is 2. The van der Waals surface area contributed by atoms with E-state index in [1.54, 1.807) is 0 Å². The van der Waals surface area contributed by atoms with Crippen LogP contribution >= 0.6 is 15.9 Å². The Morgan fingerprint density at radius 3 is 1.91 bits per heavy atom. The first-order valence-electron chi connectivity index (χ1n) is 5.71. The van der Waals surface area contributed by atoms with E-state index in [-0.39, 0.29) is 12.1 Å². The van der Waals surface area contributed by atoms with Crippen LogP contribution in [0.15, 0.2) is 35.1 Å². The summed E-state index contributed by atoms with van der Waals surface area (Å²) in [5.41, 5.74) is -8.07. The van der Waals surface area contributed by atoms with Crippen molar-refractivity contribution in [2.45, 2.75) is 18.0 Å². The van der Waals surface area contributed by atoms with E-state index in [9.17, 15) is 35.1 Å². The van der Waals surface area contributed by atoms with Gasteiger partial charge in [-0.2, -0.15) is 31.4 Å². The van der Waals surface area contributed by atoms with E-state index >= 15 is 0 Å². The maximum absolute atomic E-state index is 14.0. The third kappa shape index (κ3) is 2.81. The number of aromatic nitrogens is 2. The average Bonchev–Trinajstić information content (AvgIpc) is 2.87. The zero-order valence-corrected chi connectivity index (χ0v) is 12.3. The van der Waals surface area contributed by atoms with Crippen LogP contribution in [0.25, 0.3) is 5.69 Å². The Kier molecular flexibility index (Phi) is 4.20. The van der Waals surface area contributed by atoms with Crippen molar-refractivity contribution < 1.29 is 35.1 Å². The maximum Gasteiger partial charge on any atom is 0.435 e. The normalized spacial score (nSPS) is 13.4. The zero-order chi connectivity index (χ0) is 17.6. The highest BCUT2D eigenvalue weighted by Gasteiger charge is 2.73. The molecule has 0 spiro atoms. The molecule has 1 heterocycles. The minimum absolute atomic E-state index is 0.150. The van der Waals surface area contributed by atoms with Gasteiger partial charge < -0.3 is 0 Å². The quantitative estimate of drug-likeness (QED) is 0.634. The van der Waals surface area contributed by atoms with Gasteiger partial charge in [-0.1, -0.05) is 0 Å². The molecule has 0 saturated heterocycles. The van der Waals surface area contributed by atoms with Gasteiger partial charge in [-0.25, -0.2) is 13.5 Å². The number of hydrogen-bond acceptors (Lipinski definition) is 1. The molecule has 2 aromatic rings. The highest BCUT2D eigenvalue weighted by atomic mass is 79.9. The summed E-state index contributed by atoms with van der Waals surface area (Å²) in [5.74, 6) is -1.51. The fourth-order valence-corrected chi connectivity index (χ4v) is 2.49. The molecule has 126 valence electrons. The molecule has 0 bridgehead atoms. The van der Waals surface area contributed by atoms with Crippen molar-refractivity contribution in [1.29, 1.82) is 0 Å². The Morgan fingerprint density at radius 2 is 1.52 bits per heavy atom. The Bertz CT molecular complexity index is 668. The summed E-state index contributed by atoms with van der Waals surface area (Å²) in [6.07, 6.45) is -10.2. The summed E-state index contributed by atoms with van der Waals surface area (Å²) in [6, 6.07) is 1.43. The van der Waals surface area contributed by atoms with Crippen molar-refractivity contribution in [3.63, 3.8) is 0 Å². The molecule has 0 N–H and O–H groups in total. The Balaban J connectivity index is 2.69. The second-order valence-electron chi connectivity index (χ2n) is 4.39. The second-order valence-corrected chi connectivity index (χ2v) is 5.25. The molecule has 0 aliphatic heterocycles. The second kappa shape index (κ2) is 5.46. The molecule has 1 aromatic carbocycles. The Labute approximate surface area is 131 Å². The molecule has 0 radical (unpaired) electrons.